The number of halogens is 1. The zero-order valence-corrected chi connectivity index (χ0v) is 12.3. The predicted molar refractivity (Wildman–Crippen MR) is 72.4 cm³/mol. The first-order valence-electron chi connectivity index (χ1n) is 6.17. The monoisotopic (exact) mass is 323 g/mol. The van der Waals surface area contributed by atoms with E-state index in [1.807, 2.05) is 12.1 Å². The maximum atomic E-state index is 5.88. The predicted octanol–water partition coefficient (Wildman–Crippen LogP) is 3.52. The number of rotatable bonds is 2. The van der Waals surface area contributed by atoms with Crippen LogP contribution in [0.2, 0.25) is 0 Å². The van der Waals surface area contributed by atoms with Crippen LogP contribution in [-0.4, -0.2) is 20.7 Å². The number of nitrogens with zero attached hydrogens (tertiary/aromatic N) is 3. The molecule has 100 valence electrons. The molecule has 0 amide bonds. The van der Waals surface area contributed by atoms with Crippen molar-refractivity contribution in [2.45, 2.75) is 38.4 Å². The lowest BCUT2D eigenvalue weighted by molar-refractivity contribution is -0.0292. The van der Waals surface area contributed by atoms with Crippen LogP contribution < -0.4 is 0 Å². The Kier molecular flexibility index (Phi) is 3.14. The minimum atomic E-state index is -0.116. The summed E-state index contributed by atoms with van der Waals surface area (Å²) in [6.07, 6.45) is 3.50. The van der Waals surface area contributed by atoms with Gasteiger partial charge in [0.2, 0.25) is 5.82 Å². The second kappa shape index (κ2) is 4.68. The Morgan fingerprint density at radius 2 is 2.21 bits per heavy atom. The van der Waals surface area contributed by atoms with Gasteiger partial charge in [-0.1, -0.05) is 5.16 Å². The van der Waals surface area contributed by atoms with Gasteiger partial charge in [-0.15, -0.1) is 0 Å². The summed E-state index contributed by atoms with van der Waals surface area (Å²) in [5, 5.41) is 3.96. The van der Waals surface area contributed by atoms with Crippen molar-refractivity contribution in [1.29, 1.82) is 0 Å². The van der Waals surface area contributed by atoms with Crippen molar-refractivity contribution in [3.8, 4) is 11.5 Å². The van der Waals surface area contributed by atoms with Crippen LogP contribution >= 0.6 is 15.9 Å². The van der Waals surface area contributed by atoms with Crippen LogP contribution in [0.25, 0.3) is 11.5 Å². The van der Waals surface area contributed by atoms with Gasteiger partial charge in [-0.3, -0.25) is 4.98 Å². The minimum Gasteiger partial charge on any atom is -0.363 e. The maximum Gasteiger partial charge on any atom is 0.256 e. The topological polar surface area (TPSA) is 61.0 Å². The van der Waals surface area contributed by atoms with Crippen LogP contribution in [0.3, 0.4) is 0 Å². The lowest BCUT2D eigenvalue weighted by Crippen LogP contribution is -2.17. The summed E-state index contributed by atoms with van der Waals surface area (Å²) >= 11 is 3.34. The molecule has 1 unspecified atom stereocenters. The largest absolute Gasteiger partial charge is 0.363 e. The van der Waals surface area contributed by atoms with E-state index in [1.54, 1.807) is 6.20 Å². The summed E-state index contributed by atoms with van der Waals surface area (Å²) in [5.74, 6) is 1.03. The molecule has 2 aromatic rings. The van der Waals surface area contributed by atoms with Gasteiger partial charge in [0.1, 0.15) is 11.8 Å². The van der Waals surface area contributed by atoms with Crippen molar-refractivity contribution >= 4 is 15.9 Å². The van der Waals surface area contributed by atoms with Crippen LogP contribution in [0.4, 0.5) is 0 Å². The van der Waals surface area contributed by atoms with E-state index in [9.17, 15) is 0 Å². The lowest BCUT2D eigenvalue weighted by atomic mass is 10.1. The summed E-state index contributed by atoms with van der Waals surface area (Å²) in [4.78, 5) is 8.62. The number of hydrogen-bond acceptors (Lipinski definition) is 5. The molecule has 5 nitrogen and oxygen atoms in total. The number of hydrogen-bond donors (Lipinski definition) is 0. The Morgan fingerprint density at radius 1 is 1.37 bits per heavy atom. The van der Waals surface area contributed by atoms with Gasteiger partial charge in [0.15, 0.2) is 0 Å². The highest BCUT2D eigenvalue weighted by Gasteiger charge is 2.35. The zero-order chi connectivity index (χ0) is 13.5. The fraction of sp³-hybridized carbons (Fsp3) is 0.462. The highest BCUT2D eigenvalue weighted by Crippen LogP contribution is 2.38. The zero-order valence-electron chi connectivity index (χ0n) is 10.8. The molecule has 1 aliphatic rings. The van der Waals surface area contributed by atoms with E-state index in [1.165, 1.54) is 0 Å². The van der Waals surface area contributed by atoms with Gasteiger partial charge in [0, 0.05) is 10.7 Å². The van der Waals surface area contributed by atoms with Gasteiger partial charge >= 0.3 is 0 Å². The first-order chi connectivity index (χ1) is 9.03. The van der Waals surface area contributed by atoms with Gasteiger partial charge in [-0.2, -0.15) is 4.98 Å². The van der Waals surface area contributed by atoms with Crippen LogP contribution in [0.5, 0.6) is 0 Å². The van der Waals surface area contributed by atoms with E-state index in [0.717, 1.165) is 17.3 Å². The normalized spacial score (nSPS) is 21.7. The minimum absolute atomic E-state index is 0.105. The molecule has 0 aliphatic carbocycles. The van der Waals surface area contributed by atoms with Gasteiger partial charge in [-0.05, 0) is 54.8 Å². The van der Waals surface area contributed by atoms with E-state index < -0.39 is 0 Å². The SMILES string of the molecule is CC1(C)CCC(c2nc(-c3ccc(Br)cn3)no2)O1. The molecule has 1 saturated heterocycles. The third-order valence-electron chi connectivity index (χ3n) is 3.14. The second-order valence-electron chi connectivity index (χ2n) is 5.22. The second-order valence-corrected chi connectivity index (χ2v) is 6.14. The molecule has 19 heavy (non-hydrogen) atoms. The van der Waals surface area contributed by atoms with Gasteiger partial charge < -0.3 is 9.26 Å². The summed E-state index contributed by atoms with van der Waals surface area (Å²) in [6, 6.07) is 3.74. The smallest absolute Gasteiger partial charge is 0.256 e. The van der Waals surface area contributed by atoms with Crippen molar-refractivity contribution < 1.29 is 9.26 Å². The molecule has 0 N–H and O–H groups in total. The van der Waals surface area contributed by atoms with E-state index in [2.05, 4.69) is 44.9 Å². The molecule has 3 heterocycles. The molecule has 2 aromatic heterocycles. The molecule has 1 atom stereocenters. The molecule has 1 aliphatic heterocycles. The molecule has 6 heteroatoms. The first-order valence-corrected chi connectivity index (χ1v) is 6.96. The van der Waals surface area contributed by atoms with Gasteiger partial charge in [-0.25, -0.2) is 0 Å². The summed E-state index contributed by atoms with van der Waals surface area (Å²) < 4.78 is 12.1. The van der Waals surface area contributed by atoms with Crippen LogP contribution in [0.1, 0.15) is 38.7 Å². The molecule has 0 spiro atoms. The number of pyridine rings is 1. The van der Waals surface area contributed by atoms with Crippen molar-refractivity contribution in [2.75, 3.05) is 0 Å². The number of aromatic nitrogens is 3. The van der Waals surface area contributed by atoms with Crippen molar-refractivity contribution in [3.63, 3.8) is 0 Å². The Labute approximate surface area is 119 Å². The molecular weight excluding hydrogens is 310 g/mol. The molecule has 0 saturated carbocycles. The average Bonchev–Trinajstić information content (AvgIpc) is 2.96. The summed E-state index contributed by atoms with van der Waals surface area (Å²) in [5.41, 5.74) is 0.574. The number of ether oxygens (including phenoxy) is 1. The Bertz CT molecular complexity index is 580. The maximum absolute atomic E-state index is 5.88. The molecular formula is C13H14BrN3O2. The van der Waals surface area contributed by atoms with Gasteiger partial charge in [0.25, 0.3) is 5.89 Å². The Hall–Kier alpha value is -1.27. The van der Waals surface area contributed by atoms with E-state index >= 15 is 0 Å². The molecule has 1 fully saturated rings. The van der Waals surface area contributed by atoms with Gasteiger partial charge in [0.05, 0.1) is 5.60 Å². The molecule has 3 rings (SSSR count). The standard InChI is InChI=1S/C13H14BrN3O2/c1-13(2)6-5-10(18-13)12-16-11(17-19-12)9-4-3-8(14)7-15-9/h3-4,7,10H,5-6H2,1-2H3. The third kappa shape index (κ3) is 2.69. The molecule has 0 radical (unpaired) electrons. The fourth-order valence-electron chi connectivity index (χ4n) is 2.13. The summed E-state index contributed by atoms with van der Waals surface area (Å²) in [7, 11) is 0. The summed E-state index contributed by atoms with van der Waals surface area (Å²) in [6.45, 7) is 4.14. The molecule has 0 aromatic carbocycles. The fourth-order valence-corrected chi connectivity index (χ4v) is 2.37. The Morgan fingerprint density at radius 3 is 2.84 bits per heavy atom. The van der Waals surface area contributed by atoms with E-state index in [-0.39, 0.29) is 11.7 Å². The van der Waals surface area contributed by atoms with E-state index in [4.69, 9.17) is 9.26 Å². The van der Waals surface area contributed by atoms with Crippen molar-refractivity contribution in [3.05, 3.63) is 28.7 Å². The van der Waals surface area contributed by atoms with Crippen molar-refractivity contribution in [1.82, 2.24) is 15.1 Å². The highest BCUT2D eigenvalue weighted by molar-refractivity contribution is 9.10. The first kappa shape index (κ1) is 12.7. The van der Waals surface area contributed by atoms with Crippen LogP contribution in [0.15, 0.2) is 27.3 Å². The quantitative estimate of drug-likeness (QED) is 0.846. The van der Waals surface area contributed by atoms with E-state index in [0.29, 0.717) is 17.4 Å². The lowest BCUT2D eigenvalue weighted by Gasteiger charge is -2.17. The highest BCUT2D eigenvalue weighted by atomic mass is 79.9. The third-order valence-corrected chi connectivity index (χ3v) is 3.61. The molecule has 0 bridgehead atoms. The average molecular weight is 324 g/mol. The van der Waals surface area contributed by atoms with Crippen LogP contribution in [0, 0.1) is 0 Å². The van der Waals surface area contributed by atoms with Crippen LogP contribution in [-0.2, 0) is 4.74 Å². The Balaban J connectivity index is 1.82. The van der Waals surface area contributed by atoms with Crippen molar-refractivity contribution in [2.24, 2.45) is 0 Å².